The number of hydrogen-bond donors (Lipinski definition) is 1. The molecular weight excluding hydrogens is 224 g/mol. The van der Waals surface area contributed by atoms with Gasteiger partial charge in [0.25, 0.3) is 0 Å². The van der Waals surface area contributed by atoms with Gasteiger partial charge in [-0.25, -0.2) is 0 Å². The summed E-state index contributed by atoms with van der Waals surface area (Å²) in [6, 6.07) is 5.17. The van der Waals surface area contributed by atoms with Crippen molar-refractivity contribution >= 4 is 0 Å². The third kappa shape index (κ3) is 4.14. The highest BCUT2D eigenvalue weighted by Gasteiger charge is 2.27. The molecule has 1 heterocycles. The van der Waals surface area contributed by atoms with Gasteiger partial charge in [-0.15, -0.1) is 0 Å². The van der Waals surface area contributed by atoms with Crippen LogP contribution in [0.4, 0.5) is 0 Å². The van der Waals surface area contributed by atoms with Crippen LogP contribution in [0, 0.1) is 0 Å². The summed E-state index contributed by atoms with van der Waals surface area (Å²) in [6.07, 6.45) is 7.16. The van der Waals surface area contributed by atoms with Crippen molar-refractivity contribution in [1.29, 1.82) is 0 Å². The van der Waals surface area contributed by atoms with E-state index in [1.54, 1.807) is 6.26 Å². The number of nitrogens with zero attached hydrogens (tertiary/aromatic N) is 1. The van der Waals surface area contributed by atoms with E-state index in [9.17, 15) is 0 Å². The first-order valence-corrected chi connectivity index (χ1v) is 7.32. The van der Waals surface area contributed by atoms with Crippen LogP contribution >= 0.6 is 0 Å². The molecule has 102 valence electrons. The van der Waals surface area contributed by atoms with Crippen LogP contribution in [-0.2, 0) is 0 Å². The second-order valence-electron chi connectivity index (χ2n) is 5.31. The second-order valence-corrected chi connectivity index (χ2v) is 5.31. The van der Waals surface area contributed by atoms with Crippen LogP contribution in [0.25, 0.3) is 0 Å². The first-order chi connectivity index (χ1) is 8.81. The van der Waals surface area contributed by atoms with Crippen LogP contribution in [0.15, 0.2) is 22.8 Å². The minimum Gasteiger partial charge on any atom is -0.468 e. The Hall–Kier alpha value is -0.800. The Morgan fingerprint density at radius 2 is 2.28 bits per heavy atom. The maximum Gasteiger partial charge on any atom is 0.120 e. The largest absolute Gasteiger partial charge is 0.468 e. The van der Waals surface area contributed by atoms with E-state index in [-0.39, 0.29) is 0 Å². The molecule has 3 nitrogen and oxygen atoms in total. The molecule has 0 spiro atoms. The molecule has 1 aromatic heterocycles. The molecule has 0 bridgehead atoms. The van der Waals surface area contributed by atoms with Gasteiger partial charge < -0.3 is 9.73 Å². The lowest BCUT2D eigenvalue weighted by Crippen LogP contribution is -2.35. The smallest absolute Gasteiger partial charge is 0.120 e. The Morgan fingerprint density at radius 1 is 1.44 bits per heavy atom. The van der Waals surface area contributed by atoms with Crippen LogP contribution in [-0.4, -0.2) is 30.6 Å². The Bertz CT molecular complexity index is 319. The SMILES string of the molecule is CCCCN(CCNC(C)c1ccco1)C1CC1. The summed E-state index contributed by atoms with van der Waals surface area (Å²) >= 11 is 0. The van der Waals surface area contributed by atoms with E-state index in [1.807, 2.05) is 12.1 Å². The quantitative estimate of drug-likeness (QED) is 0.729. The van der Waals surface area contributed by atoms with Gasteiger partial charge in [-0.1, -0.05) is 13.3 Å². The van der Waals surface area contributed by atoms with Crippen molar-refractivity contribution in [3.8, 4) is 0 Å². The normalized spacial score (nSPS) is 17.3. The Balaban J connectivity index is 1.66. The molecule has 3 heteroatoms. The van der Waals surface area contributed by atoms with Gasteiger partial charge in [0, 0.05) is 19.1 Å². The zero-order valence-corrected chi connectivity index (χ0v) is 11.7. The summed E-state index contributed by atoms with van der Waals surface area (Å²) in [5.74, 6) is 1.03. The summed E-state index contributed by atoms with van der Waals surface area (Å²) in [4.78, 5) is 2.64. The molecule has 1 aliphatic rings. The summed E-state index contributed by atoms with van der Waals surface area (Å²) in [6.45, 7) is 7.89. The molecule has 0 aromatic carbocycles. The van der Waals surface area contributed by atoms with Gasteiger partial charge in [0.15, 0.2) is 0 Å². The highest BCUT2D eigenvalue weighted by atomic mass is 16.3. The molecule has 1 aromatic rings. The molecule has 18 heavy (non-hydrogen) atoms. The third-order valence-electron chi connectivity index (χ3n) is 3.68. The van der Waals surface area contributed by atoms with E-state index in [2.05, 4.69) is 24.1 Å². The highest BCUT2D eigenvalue weighted by molar-refractivity contribution is 5.02. The van der Waals surface area contributed by atoms with Gasteiger partial charge in [0.05, 0.1) is 12.3 Å². The third-order valence-corrected chi connectivity index (χ3v) is 3.68. The second kappa shape index (κ2) is 6.95. The average molecular weight is 250 g/mol. The zero-order valence-electron chi connectivity index (χ0n) is 11.7. The first kappa shape index (κ1) is 13.6. The number of rotatable bonds is 9. The van der Waals surface area contributed by atoms with Crippen LogP contribution < -0.4 is 5.32 Å². The van der Waals surface area contributed by atoms with Crippen molar-refractivity contribution in [2.75, 3.05) is 19.6 Å². The lowest BCUT2D eigenvalue weighted by atomic mass is 10.2. The van der Waals surface area contributed by atoms with Crippen molar-refractivity contribution in [3.63, 3.8) is 0 Å². The van der Waals surface area contributed by atoms with E-state index in [0.29, 0.717) is 6.04 Å². The fourth-order valence-electron chi connectivity index (χ4n) is 2.34. The zero-order chi connectivity index (χ0) is 12.8. The molecule has 0 aliphatic heterocycles. The summed E-state index contributed by atoms with van der Waals surface area (Å²) in [5, 5.41) is 3.54. The number of unbranched alkanes of at least 4 members (excludes halogenated alkanes) is 1. The van der Waals surface area contributed by atoms with Crippen LogP contribution in [0.5, 0.6) is 0 Å². The fourth-order valence-corrected chi connectivity index (χ4v) is 2.34. The van der Waals surface area contributed by atoms with Gasteiger partial charge in [0.1, 0.15) is 5.76 Å². The Kier molecular flexibility index (Phi) is 5.26. The van der Waals surface area contributed by atoms with Gasteiger partial charge in [-0.3, -0.25) is 4.90 Å². The van der Waals surface area contributed by atoms with Crippen LogP contribution in [0.2, 0.25) is 0 Å². The standard InChI is InChI=1S/C15H26N2O/c1-3-4-10-17(14-7-8-14)11-9-16-13(2)15-6-5-12-18-15/h5-6,12-14,16H,3-4,7-11H2,1-2H3. The highest BCUT2D eigenvalue weighted by Crippen LogP contribution is 2.26. The minimum absolute atomic E-state index is 0.312. The average Bonchev–Trinajstić information content (AvgIpc) is 3.07. The van der Waals surface area contributed by atoms with Gasteiger partial charge in [-0.05, 0) is 44.9 Å². The molecular formula is C15H26N2O. The lowest BCUT2D eigenvalue weighted by molar-refractivity contribution is 0.253. The Morgan fingerprint density at radius 3 is 2.89 bits per heavy atom. The maximum absolute atomic E-state index is 5.40. The van der Waals surface area contributed by atoms with Crippen LogP contribution in [0.1, 0.15) is 51.3 Å². The van der Waals surface area contributed by atoms with E-state index in [4.69, 9.17) is 4.42 Å². The van der Waals surface area contributed by atoms with Crippen molar-refractivity contribution in [2.45, 2.75) is 51.6 Å². The van der Waals surface area contributed by atoms with Crippen molar-refractivity contribution in [3.05, 3.63) is 24.2 Å². The molecule has 1 unspecified atom stereocenters. The van der Waals surface area contributed by atoms with E-state index in [0.717, 1.165) is 24.9 Å². The Labute approximate surface area is 111 Å². The van der Waals surface area contributed by atoms with Crippen LogP contribution in [0.3, 0.4) is 0 Å². The van der Waals surface area contributed by atoms with Gasteiger partial charge in [-0.2, -0.15) is 0 Å². The minimum atomic E-state index is 0.312. The van der Waals surface area contributed by atoms with Crippen molar-refractivity contribution in [1.82, 2.24) is 10.2 Å². The molecule has 1 N–H and O–H groups in total. The monoisotopic (exact) mass is 250 g/mol. The lowest BCUT2D eigenvalue weighted by Gasteiger charge is -2.22. The van der Waals surface area contributed by atoms with E-state index in [1.165, 1.54) is 32.2 Å². The molecule has 0 amide bonds. The molecule has 1 fully saturated rings. The first-order valence-electron chi connectivity index (χ1n) is 7.32. The number of furan rings is 1. The maximum atomic E-state index is 5.40. The predicted octanol–water partition coefficient (Wildman–Crippen LogP) is 3.19. The number of nitrogens with one attached hydrogen (secondary N) is 1. The number of hydrogen-bond acceptors (Lipinski definition) is 3. The molecule has 1 aliphatic carbocycles. The summed E-state index contributed by atoms with van der Waals surface area (Å²) in [7, 11) is 0. The van der Waals surface area contributed by atoms with Gasteiger partial charge >= 0.3 is 0 Å². The summed E-state index contributed by atoms with van der Waals surface area (Å²) in [5.41, 5.74) is 0. The molecule has 0 radical (unpaired) electrons. The molecule has 1 atom stereocenters. The van der Waals surface area contributed by atoms with Gasteiger partial charge in [0.2, 0.25) is 0 Å². The summed E-state index contributed by atoms with van der Waals surface area (Å²) < 4.78 is 5.40. The van der Waals surface area contributed by atoms with E-state index >= 15 is 0 Å². The molecule has 0 saturated heterocycles. The predicted molar refractivity (Wildman–Crippen MR) is 74.6 cm³/mol. The molecule has 2 rings (SSSR count). The van der Waals surface area contributed by atoms with E-state index < -0.39 is 0 Å². The van der Waals surface area contributed by atoms with Crippen molar-refractivity contribution < 1.29 is 4.42 Å². The molecule has 1 saturated carbocycles. The van der Waals surface area contributed by atoms with Crippen molar-refractivity contribution in [2.24, 2.45) is 0 Å². The fraction of sp³-hybridized carbons (Fsp3) is 0.733. The topological polar surface area (TPSA) is 28.4 Å².